The first-order chi connectivity index (χ1) is 10.6. The molecule has 112 valence electrons. The summed E-state index contributed by atoms with van der Waals surface area (Å²) < 4.78 is 2.45. The van der Waals surface area contributed by atoms with Crippen molar-refractivity contribution in [3.05, 3.63) is 61.1 Å². The van der Waals surface area contributed by atoms with E-state index >= 15 is 0 Å². The molecule has 0 bridgehead atoms. The minimum Gasteiger partial charge on any atom is -0.282 e. The van der Waals surface area contributed by atoms with Gasteiger partial charge in [0.1, 0.15) is 4.66 Å². The number of aryl methyl sites for hydroxylation is 1. The minimum atomic E-state index is -0.369. The van der Waals surface area contributed by atoms with Gasteiger partial charge in [-0.25, -0.2) is 4.68 Å². The summed E-state index contributed by atoms with van der Waals surface area (Å²) in [4.78, 5) is 16.3. The van der Waals surface area contributed by atoms with Gasteiger partial charge in [-0.1, -0.05) is 42.5 Å². The van der Waals surface area contributed by atoms with Gasteiger partial charge >= 0.3 is 0 Å². The molecule has 5 nitrogen and oxygen atoms in total. The van der Waals surface area contributed by atoms with Gasteiger partial charge in [0, 0.05) is 0 Å². The van der Waals surface area contributed by atoms with Crippen molar-refractivity contribution in [2.75, 3.05) is 0 Å². The third-order valence-electron chi connectivity index (χ3n) is 3.40. The highest BCUT2D eigenvalue weighted by Gasteiger charge is 2.10. The van der Waals surface area contributed by atoms with Crippen molar-refractivity contribution in [1.29, 1.82) is 5.41 Å². The van der Waals surface area contributed by atoms with Crippen LogP contribution in [-0.4, -0.2) is 14.8 Å². The van der Waals surface area contributed by atoms with Crippen LogP contribution in [0.2, 0.25) is 0 Å². The van der Waals surface area contributed by atoms with Gasteiger partial charge in [-0.2, -0.15) is 4.98 Å². The molecule has 0 amide bonds. The van der Waals surface area contributed by atoms with Crippen LogP contribution in [-0.2, 0) is 0 Å². The molecule has 0 fully saturated rings. The Morgan fingerprint density at radius 3 is 2.91 bits per heavy atom. The van der Waals surface area contributed by atoms with Crippen molar-refractivity contribution < 1.29 is 0 Å². The van der Waals surface area contributed by atoms with E-state index in [4.69, 9.17) is 5.41 Å². The molecule has 1 aromatic rings. The molecule has 0 unspecified atom stereocenters. The SMILES string of the molecule is CCC=c1[nH]n2c(=N)c(=Cc3ccccc3C)c(=O)nc-2s1. The second-order valence-electron chi connectivity index (χ2n) is 4.99. The Labute approximate surface area is 130 Å². The molecule has 6 heteroatoms. The van der Waals surface area contributed by atoms with Gasteiger partial charge in [0.2, 0.25) is 5.13 Å². The van der Waals surface area contributed by atoms with E-state index in [-0.39, 0.29) is 11.0 Å². The number of benzene rings is 1. The normalized spacial score (nSPS) is 13.2. The van der Waals surface area contributed by atoms with Crippen LogP contribution in [0.5, 0.6) is 0 Å². The van der Waals surface area contributed by atoms with Gasteiger partial charge in [-0.3, -0.25) is 15.3 Å². The maximum Gasteiger partial charge on any atom is 0.283 e. The predicted molar refractivity (Wildman–Crippen MR) is 87.9 cm³/mol. The highest BCUT2D eigenvalue weighted by molar-refractivity contribution is 7.11. The van der Waals surface area contributed by atoms with Gasteiger partial charge in [0.05, 0.1) is 5.22 Å². The Morgan fingerprint density at radius 2 is 2.18 bits per heavy atom. The van der Waals surface area contributed by atoms with Gasteiger partial charge in [-0.15, -0.1) is 0 Å². The number of H-pyrrole nitrogens is 1. The van der Waals surface area contributed by atoms with Gasteiger partial charge in [-0.05, 0) is 36.6 Å². The second-order valence-corrected chi connectivity index (χ2v) is 6.00. The highest BCUT2D eigenvalue weighted by Crippen LogP contribution is 2.06. The lowest BCUT2D eigenvalue weighted by atomic mass is 10.1. The van der Waals surface area contributed by atoms with Crippen LogP contribution in [0.3, 0.4) is 0 Å². The zero-order valence-corrected chi connectivity index (χ0v) is 13.2. The van der Waals surface area contributed by atoms with Gasteiger partial charge < -0.3 is 0 Å². The van der Waals surface area contributed by atoms with Crippen LogP contribution in [0.1, 0.15) is 24.5 Å². The summed E-state index contributed by atoms with van der Waals surface area (Å²) in [5, 5.41) is 12.2. The third-order valence-corrected chi connectivity index (χ3v) is 4.33. The molecule has 2 heterocycles. The summed E-state index contributed by atoms with van der Waals surface area (Å²) in [6.07, 6.45) is 4.62. The number of fused-ring (bicyclic) bond motifs is 1. The quantitative estimate of drug-likeness (QED) is 0.737. The Balaban J connectivity index is 2.35. The van der Waals surface area contributed by atoms with Gasteiger partial charge in [0.25, 0.3) is 5.56 Å². The molecule has 0 saturated heterocycles. The van der Waals surface area contributed by atoms with E-state index in [0.717, 1.165) is 22.2 Å². The first-order valence-corrected chi connectivity index (χ1v) is 7.86. The largest absolute Gasteiger partial charge is 0.283 e. The van der Waals surface area contributed by atoms with E-state index in [1.54, 1.807) is 10.8 Å². The Hall–Kier alpha value is -2.47. The number of nitrogens with one attached hydrogen (secondary N) is 2. The minimum absolute atomic E-state index is 0.130. The maximum absolute atomic E-state index is 12.2. The fraction of sp³-hybridized carbons (Fsp3) is 0.188. The first-order valence-electron chi connectivity index (χ1n) is 7.04. The number of hydrogen-bond donors (Lipinski definition) is 2. The average molecular weight is 312 g/mol. The summed E-state index contributed by atoms with van der Waals surface area (Å²) >= 11 is 1.38. The lowest BCUT2D eigenvalue weighted by Gasteiger charge is -2.01. The Morgan fingerprint density at radius 1 is 1.41 bits per heavy atom. The zero-order chi connectivity index (χ0) is 15.7. The van der Waals surface area contributed by atoms with E-state index in [1.165, 1.54) is 11.3 Å². The summed E-state index contributed by atoms with van der Waals surface area (Å²) in [6.45, 7) is 4.01. The zero-order valence-electron chi connectivity index (χ0n) is 12.4. The molecule has 0 spiro atoms. The lowest BCUT2D eigenvalue weighted by Crippen LogP contribution is -2.47. The van der Waals surface area contributed by atoms with Crippen LogP contribution >= 0.6 is 11.3 Å². The monoisotopic (exact) mass is 312 g/mol. The van der Waals surface area contributed by atoms with Crippen LogP contribution in [0.15, 0.2) is 29.1 Å². The molecule has 0 aliphatic carbocycles. The highest BCUT2D eigenvalue weighted by atomic mass is 32.1. The number of aromatic nitrogens is 3. The second kappa shape index (κ2) is 5.73. The van der Waals surface area contributed by atoms with E-state index in [0.29, 0.717) is 10.4 Å². The molecule has 22 heavy (non-hydrogen) atoms. The van der Waals surface area contributed by atoms with Crippen LogP contribution in [0, 0.1) is 12.3 Å². The Bertz CT molecular complexity index is 1030. The molecule has 0 aromatic heterocycles. The molecule has 1 aromatic carbocycles. The van der Waals surface area contributed by atoms with E-state index in [2.05, 4.69) is 10.1 Å². The van der Waals surface area contributed by atoms with Crippen LogP contribution in [0.25, 0.3) is 17.3 Å². The third kappa shape index (κ3) is 2.53. The molecule has 0 radical (unpaired) electrons. The van der Waals surface area contributed by atoms with E-state index < -0.39 is 0 Å². The molecule has 0 atom stereocenters. The predicted octanol–water partition coefficient (Wildman–Crippen LogP) is 0.867. The average Bonchev–Trinajstić information content (AvgIpc) is 2.88. The molecular weight excluding hydrogens is 296 g/mol. The van der Waals surface area contributed by atoms with Crippen molar-refractivity contribution in [3.8, 4) is 5.13 Å². The number of rotatable bonds is 2. The number of aromatic amines is 1. The van der Waals surface area contributed by atoms with Crippen molar-refractivity contribution >= 4 is 23.5 Å². The summed E-state index contributed by atoms with van der Waals surface area (Å²) in [6, 6.07) is 7.76. The molecule has 2 aliphatic rings. The molecular formula is C16H16N4OS. The summed E-state index contributed by atoms with van der Waals surface area (Å²) in [5.41, 5.74) is 1.74. The van der Waals surface area contributed by atoms with Crippen LogP contribution in [0.4, 0.5) is 0 Å². The fourth-order valence-corrected chi connectivity index (χ4v) is 3.17. The summed E-state index contributed by atoms with van der Waals surface area (Å²) in [7, 11) is 0. The maximum atomic E-state index is 12.2. The lowest BCUT2D eigenvalue weighted by molar-refractivity contribution is 0.750. The number of hydrogen-bond acceptors (Lipinski definition) is 4. The fourth-order valence-electron chi connectivity index (χ4n) is 2.23. The summed E-state index contributed by atoms with van der Waals surface area (Å²) in [5.74, 6) is 0. The Kier molecular flexibility index (Phi) is 3.77. The van der Waals surface area contributed by atoms with Crippen molar-refractivity contribution in [3.63, 3.8) is 0 Å². The topological polar surface area (TPSA) is 74.5 Å². The molecule has 2 N–H and O–H groups in total. The molecule has 2 aliphatic heterocycles. The smallest absolute Gasteiger partial charge is 0.282 e. The van der Waals surface area contributed by atoms with Gasteiger partial charge in [0.15, 0.2) is 5.49 Å². The van der Waals surface area contributed by atoms with Crippen molar-refractivity contribution in [1.82, 2.24) is 14.8 Å². The van der Waals surface area contributed by atoms with Crippen molar-refractivity contribution in [2.45, 2.75) is 20.3 Å². The standard InChI is InChI=1S/C16H16N4OS/c1-3-6-13-19-20-14(17)12(15(21)18-16(20)22-13)9-11-8-5-4-7-10(11)2/h4-9,17,19H,3H2,1-2H3. The van der Waals surface area contributed by atoms with Crippen molar-refractivity contribution in [2.24, 2.45) is 0 Å². The number of nitrogens with zero attached hydrogens (tertiary/aromatic N) is 2. The first kappa shape index (κ1) is 14.5. The molecule has 3 rings (SSSR count). The van der Waals surface area contributed by atoms with E-state index in [9.17, 15) is 4.79 Å². The molecule has 0 saturated carbocycles. The van der Waals surface area contributed by atoms with E-state index in [1.807, 2.05) is 44.2 Å². The van der Waals surface area contributed by atoms with Crippen LogP contribution < -0.4 is 20.9 Å².